The zero-order chi connectivity index (χ0) is 32.7. The van der Waals surface area contributed by atoms with Gasteiger partial charge in [0.15, 0.2) is 5.82 Å². The van der Waals surface area contributed by atoms with Gasteiger partial charge in [0, 0.05) is 66.8 Å². The number of rotatable bonds is 3. The highest BCUT2D eigenvalue weighted by atomic mass is 16.5. The Hall–Kier alpha value is -4.63. The van der Waals surface area contributed by atoms with Crippen molar-refractivity contribution in [1.82, 2.24) is 23.9 Å². The number of carbonyl (C=O) groups excluding carboxylic acids is 2. The van der Waals surface area contributed by atoms with Gasteiger partial charge in [-0.2, -0.15) is 0 Å². The number of methoxy groups -OCH3 is 1. The van der Waals surface area contributed by atoms with Crippen LogP contribution < -0.4 is 10.5 Å². The third-order valence-corrected chi connectivity index (χ3v) is 11.7. The van der Waals surface area contributed by atoms with Crippen molar-refractivity contribution in [3.8, 4) is 28.4 Å². The van der Waals surface area contributed by atoms with E-state index in [0.29, 0.717) is 17.2 Å². The van der Waals surface area contributed by atoms with Gasteiger partial charge < -0.3 is 29.4 Å². The summed E-state index contributed by atoms with van der Waals surface area (Å²) < 4.78 is 10.4. The van der Waals surface area contributed by atoms with Crippen molar-refractivity contribution < 1.29 is 14.3 Å². The quantitative estimate of drug-likeness (QED) is 0.252. The number of nitrogens with two attached hydrogens (primary N) is 1. The lowest BCUT2D eigenvalue weighted by Crippen LogP contribution is -2.40. The first-order valence-electron chi connectivity index (χ1n) is 17.5. The number of fused-ring (bicyclic) bond motifs is 7. The third kappa shape index (κ3) is 4.50. The lowest BCUT2D eigenvalue weighted by Gasteiger charge is -2.33. The number of aryl methyl sites for hydroxylation is 2. The number of ether oxygens (including phenoxy) is 1. The van der Waals surface area contributed by atoms with Gasteiger partial charge in [-0.3, -0.25) is 9.59 Å². The Balaban J connectivity index is 1.18. The van der Waals surface area contributed by atoms with Gasteiger partial charge in [-0.1, -0.05) is 30.3 Å². The Labute approximate surface area is 280 Å². The molecule has 2 amide bonds. The van der Waals surface area contributed by atoms with Crippen molar-refractivity contribution in [1.29, 1.82) is 0 Å². The second-order valence-electron chi connectivity index (χ2n) is 14.3. The van der Waals surface area contributed by atoms with Gasteiger partial charge in [0.25, 0.3) is 11.8 Å². The van der Waals surface area contributed by atoms with E-state index in [4.69, 9.17) is 15.5 Å². The molecular weight excluding hydrogens is 600 g/mol. The fourth-order valence-corrected chi connectivity index (χ4v) is 9.22. The summed E-state index contributed by atoms with van der Waals surface area (Å²) in [6, 6.07) is 21.0. The van der Waals surface area contributed by atoms with E-state index in [-0.39, 0.29) is 29.9 Å². The summed E-state index contributed by atoms with van der Waals surface area (Å²) >= 11 is 0. The van der Waals surface area contributed by atoms with Crippen LogP contribution in [0.3, 0.4) is 0 Å². The molecule has 3 saturated heterocycles. The Morgan fingerprint density at radius 2 is 1.75 bits per heavy atom. The first kappa shape index (κ1) is 29.5. The summed E-state index contributed by atoms with van der Waals surface area (Å²) in [6.45, 7) is 2.50. The number of benzene rings is 3. The number of imidazole rings is 1. The van der Waals surface area contributed by atoms with Crippen molar-refractivity contribution in [2.24, 2.45) is 18.7 Å². The normalized spacial score (nSPS) is 22.6. The lowest BCUT2D eigenvalue weighted by molar-refractivity contribution is 0.0684. The van der Waals surface area contributed by atoms with Crippen LogP contribution in [0.1, 0.15) is 65.7 Å². The van der Waals surface area contributed by atoms with Crippen LogP contribution in [0.4, 0.5) is 0 Å². The molecule has 3 aromatic carbocycles. The Morgan fingerprint density at radius 1 is 0.938 bits per heavy atom. The second-order valence-corrected chi connectivity index (χ2v) is 14.3. The molecule has 9 nitrogen and oxygen atoms in total. The molecule has 2 aromatic heterocycles. The monoisotopic (exact) mass is 642 g/mol. The molecule has 0 radical (unpaired) electrons. The Kier molecular flexibility index (Phi) is 6.90. The number of piperidine rings is 1. The Morgan fingerprint density at radius 3 is 2.50 bits per heavy atom. The molecule has 0 unspecified atom stereocenters. The number of amides is 2. The minimum atomic E-state index is 0.0160. The van der Waals surface area contributed by atoms with Crippen molar-refractivity contribution in [3.63, 3.8) is 0 Å². The average molecular weight is 643 g/mol. The first-order chi connectivity index (χ1) is 23.4. The molecule has 3 fully saturated rings. The van der Waals surface area contributed by atoms with Gasteiger partial charge in [0.1, 0.15) is 11.3 Å². The molecule has 5 aliphatic heterocycles. The smallest absolute Gasteiger partial charge is 0.254 e. The fourth-order valence-electron chi connectivity index (χ4n) is 9.22. The SMILES string of the molecule is COc1cc(C(=O)N2[C@H]3CC[C@@H]2[C@H](N)C3)cc2nc(-c3cc4ccc5cc4n3CCCC3CCN(CC3)C(=O)c3ccccc3-5)n(C)c12. The molecule has 10 rings (SSSR count). The van der Waals surface area contributed by atoms with Crippen molar-refractivity contribution >= 4 is 33.8 Å². The summed E-state index contributed by atoms with van der Waals surface area (Å²) in [5.74, 6) is 2.23. The largest absolute Gasteiger partial charge is 0.494 e. The van der Waals surface area contributed by atoms with E-state index in [0.717, 1.165) is 115 Å². The second kappa shape index (κ2) is 11.2. The predicted molar refractivity (Wildman–Crippen MR) is 187 cm³/mol. The van der Waals surface area contributed by atoms with E-state index >= 15 is 0 Å². The van der Waals surface area contributed by atoms with Crippen LogP contribution in [-0.4, -0.2) is 74.1 Å². The zero-order valence-corrected chi connectivity index (χ0v) is 27.7. The molecule has 0 saturated carbocycles. The van der Waals surface area contributed by atoms with Crippen LogP contribution in [-0.2, 0) is 13.6 Å². The zero-order valence-electron chi connectivity index (χ0n) is 27.7. The average Bonchev–Trinajstić information content (AvgIpc) is 3.86. The maximum Gasteiger partial charge on any atom is 0.254 e. The topological polar surface area (TPSA) is 98.6 Å². The molecule has 9 heteroatoms. The van der Waals surface area contributed by atoms with Gasteiger partial charge in [-0.15, -0.1) is 0 Å². The van der Waals surface area contributed by atoms with Crippen molar-refractivity contribution in [2.45, 2.75) is 69.6 Å². The third-order valence-electron chi connectivity index (χ3n) is 11.7. The summed E-state index contributed by atoms with van der Waals surface area (Å²) in [5.41, 5.74) is 13.5. The van der Waals surface area contributed by atoms with E-state index in [1.165, 1.54) is 0 Å². The van der Waals surface area contributed by atoms with Gasteiger partial charge in [-0.25, -0.2) is 4.98 Å². The molecule has 2 N–H and O–H groups in total. The fraction of sp³-hybridized carbons (Fsp3) is 0.410. The van der Waals surface area contributed by atoms with E-state index in [1.54, 1.807) is 7.11 Å². The summed E-state index contributed by atoms with van der Waals surface area (Å²) in [7, 11) is 3.69. The molecule has 0 spiro atoms. The van der Waals surface area contributed by atoms with Gasteiger partial charge >= 0.3 is 0 Å². The summed E-state index contributed by atoms with van der Waals surface area (Å²) in [5, 5.41) is 1.13. The van der Waals surface area contributed by atoms with Crippen molar-refractivity contribution in [3.05, 3.63) is 71.8 Å². The van der Waals surface area contributed by atoms with Crippen LogP contribution in [0.2, 0.25) is 0 Å². The molecule has 3 atom stereocenters. The maximum atomic E-state index is 13.9. The molecule has 7 heterocycles. The Bertz CT molecular complexity index is 2100. The predicted octanol–water partition coefficient (Wildman–Crippen LogP) is 6.22. The number of nitrogens with zero attached hydrogens (tertiary/aromatic N) is 5. The molecule has 6 bridgehead atoms. The van der Waals surface area contributed by atoms with Crippen LogP contribution >= 0.6 is 0 Å². The van der Waals surface area contributed by atoms with Gasteiger partial charge in [0.2, 0.25) is 0 Å². The van der Waals surface area contributed by atoms with Gasteiger partial charge in [-0.05, 0) is 92.3 Å². The van der Waals surface area contributed by atoms with Gasteiger partial charge in [0.05, 0.1) is 18.3 Å². The minimum absolute atomic E-state index is 0.0160. The molecule has 0 aliphatic carbocycles. The summed E-state index contributed by atoms with van der Waals surface area (Å²) in [4.78, 5) is 36.9. The molecular formula is C39H42N6O3. The highest BCUT2D eigenvalue weighted by Crippen LogP contribution is 2.40. The van der Waals surface area contributed by atoms with E-state index < -0.39 is 0 Å². The van der Waals surface area contributed by atoms with Crippen LogP contribution in [0.15, 0.2) is 60.7 Å². The number of hydrogen-bond acceptors (Lipinski definition) is 5. The standard InChI is InChI=1S/C39H42N6O3/c1-42-36-31(18-26(21-35(36)48-2)38(46)45-27-11-12-32(45)30(40)22-27)41-37(42)34-20-25-10-9-24-19-33(25)44(34)15-5-6-23-13-16-43(17-14-23)39(47)29-8-4-3-7-28(24)29/h3-4,7-10,18-21,23,27,30,32H,5-6,11-17,22,40H2,1-2H3/t27-,30+,32+/m0/s1. The lowest BCUT2D eigenvalue weighted by atomic mass is 9.91. The molecule has 5 aromatic rings. The highest BCUT2D eigenvalue weighted by molar-refractivity contribution is 6.03. The molecule has 5 aliphatic rings. The minimum Gasteiger partial charge on any atom is -0.494 e. The van der Waals surface area contributed by atoms with E-state index in [2.05, 4.69) is 39.5 Å². The van der Waals surface area contributed by atoms with Crippen LogP contribution in [0.25, 0.3) is 44.6 Å². The number of carbonyl (C=O) groups is 2. The highest BCUT2D eigenvalue weighted by Gasteiger charge is 2.47. The number of hydrogen-bond donors (Lipinski definition) is 1. The summed E-state index contributed by atoms with van der Waals surface area (Å²) in [6.07, 6.45) is 7.12. The number of aromatic nitrogens is 3. The van der Waals surface area contributed by atoms with E-state index in [1.807, 2.05) is 47.2 Å². The van der Waals surface area contributed by atoms with Crippen LogP contribution in [0, 0.1) is 5.92 Å². The van der Waals surface area contributed by atoms with E-state index in [9.17, 15) is 9.59 Å². The van der Waals surface area contributed by atoms with Crippen molar-refractivity contribution in [2.75, 3.05) is 20.2 Å². The maximum absolute atomic E-state index is 13.9. The molecule has 246 valence electrons. The van der Waals surface area contributed by atoms with Crippen LogP contribution in [0.5, 0.6) is 5.75 Å². The first-order valence-corrected chi connectivity index (χ1v) is 17.5. The molecule has 48 heavy (non-hydrogen) atoms.